The average molecular weight is 211 g/mol. The Bertz CT molecular complexity index is 240. The fraction of sp³-hybridized carbons (Fsp3) is 0.909. The summed E-state index contributed by atoms with van der Waals surface area (Å²) in [6.07, 6.45) is 2.22. The molecule has 0 aromatic carbocycles. The molecule has 2 fully saturated rings. The van der Waals surface area contributed by atoms with E-state index < -0.39 is 0 Å². The third-order valence-electron chi connectivity index (χ3n) is 3.34. The summed E-state index contributed by atoms with van der Waals surface area (Å²) in [6.45, 7) is 3.82. The molecule has 0 spiro atoms. The molecule has 1 aliphatic heterocycles. The maximum absolute atomic E-state index is 12.0. The second kappa shape index (κ2) is 4.49. The summed E-state index contributed by atoms with van der Waals surface area (Å²) in [5.41, 5.74) is 0. The summed E-state index contributed by atoms with van der Waals surface area (Å²) in [7, 11) is 4.08. The van der Waals surface area contributed by atoms with Crippen molar-refractivity contribution in [3.05, 3.63) is 0 Å². The number of carbonyl (C=O) groups excluding carboxylic acids is 1. The van der Waals surface area contributed by atoms with Crippen LogP contribution in [0, 0.1) is 5.92 Å². The van der Waals surface area contributed by atoms with E-state index in [1.165, 1.54) is 0 Å². The zero-order chi connectivity index (χ0) is 10.8. The molecule has 1 amide bonds. The second-order valence-electron chi connectivity index (χ2n) is 4.78. The Morgan fingerprint density at radius 1 is 1.40 bits per heavy atom. The number of amides is 1. The van der Waals surface area contributed by atoms with Crippen molar-refractivity contribution in [1.29, 1.82) is 0 Å². The van der Waals surface area contributed by atoms with Gasteiger partial charge in [-0.15, -0.1) is 0 Å². The fourth-order valence-corrected chi connectivity index (χ4v) is 2.28. The molecule has 0 bridgehead atoms. The van der Waals surface area contributed by atoms with Gasteiger partial charge in [-0.2, -0.15) is 0 Å². The molecule has 1 aliphatic carbocycles. The number of carbonyl (C=O) groups is 1. The van der Waals surface area contributed by atoms with E-state index in [0.717, 1.165) is 39.0 Å². The maximum atomic E-state index is 12.0. The highest BCUT2D eigenvalue weighted by Crippen LogP contribution is 2.32. The van der Waals surface area contributed by atoms with E-state index in [4.69, 9.17) is 0 Å². The number of likely N-dealkylation sites (N-methyl/N-ethyl adjacent to an activating group) is 2. The lowest BCUT2D eigenvalue weighted by Crippen LogP contribution is -2.57. The molecule has 0 radical (unpaired) electrons. The van der Waals surface area contributed by atoms with Crippen LogP contribution in [-0.4, -0.2) is 62.0 Å². The van der Waals surface area contributed by atoms with Gasteiger partial charge in [-0.25, -0.2) is 0 Å². The zero-order valence-electron chi connectivity index (χ0n) is 9.70. The molecule has 1 atom stereocenters. The first-order valence-corrected chi connectivity index (χ1v) is 5.86. The molecule has 1 N–H and O–H groups in total. The number of hydrogen-bond donors (Lipinski definition) is 1. The summed E-state index contributed by atoms with van der Waals surface area (Å²) in [5, 5.41) is 3.18. The van der Waals surface area contributed by atoms with Crippen LogP contribution in [0.1, 0.15) is 12.8 Å². The lowest BCUT2D eigenvalue weighted by Gasteiger charge is -2.40. The van der Waals surface area contributed by atoms with Crippen molar-refractivity contribution in [2.75, 3.05) is 40.3 Å². The summed E-state index contributed by atoms with van der Waals surface area (Å²) in [4.78, 5) is 16.4. The van der Waals surface area contributed by atoms with Gasteiger partial charge in [0.1, 0.15) is 0 Å². The molecule has 0 aromatic rings. The first-order chi connectivity index (χ1) is 7.22. The van der Waals surface area contributed by atoms with Crippen molar-refractivity contribution in [2.24, 2.45) is 5.92 Å². The highest BCUT2D eigenvalue weighted by atomic mass is 16.2. The van der Waals surface area contributed by atoms with Gasteiger partial charge in [0.25, 0.3) is 0 Å². The molecule has 15 heavy (non-hydrogen) atoms. The molecule has 0 aromatic heterocycles. The largest absolute Gasteiger partial charge is 0.336 e. The third-order valence-corrected chi connectivity index (χ3v) is 3.34. The molecule has 1 saturated heterocycles. The third kappa shape index (κ3) is 2.49. The zero-order valence-corrected chi connectivity index (χ0v) is 9.70. The number of nitrogens with one attached hydrogen (secondary N) is 1. The van der Waals surface area contributed by atoms with Crippen LogP contribution in [0.3, 0.4) is 0 Å². The number of rotatable bonds is 3. The molecule has 1 heterocycles. The van der Waals surface area contributed by atoms with Crippen LogP contribution in [-0.2, 0) is 4.79 Å². The molecule has 4 heteroatoms. The summed E-state index contributed by atoms with van der Waals surface area (Å²) in [6, 6.07) is 0.363. The van der Waals surface area contributed by atoms with Gasteiger partial charge in [-0.3, -0.25) is 4.79 Å². The quantitative estimate of drug-likeness (QED) is 0.700. The highest BCUT2D eigenvalue weighted by Gasteiger charge is 2.37. The van der Waals surface area contributed by atoms with Crippen molar-refractivity contribution >= 4 is 5.91 Å². The average Bonchev–Trinajstić information content (AvgIpc) is 3.01. The van der Waals surface area contributed by atoms with E-state index in [-0.39, 0.29) is 0 Å². The smallest absolute Gasteiger partial charge is 0.226 e. The van der Waals surface area contributed by atoms with E-state index in [1.807, 2.05) is 7.05 Å². The Hall–Kier alpha value is -0.610. The van der Waals surface area contributed by atoms with Gasteiger partial charge in [0, 0.05) is 32.1 Å². The van der Waals surface area contributed by atoms with Crippen LogP contribution in [0.2, 0.25) is 0 Å². The SMILES string of the molecule is CNCC1CN(C)CCN1C(=O)C1CC1. The summed E-state index contributed by atoms with van der Waals surface area (Å²) < 4.78 is 0. The van der Waals surface area contributed by atoms with Crippen LogP contribution < -0.4 is 5.32 Å². The Balaban J connectivity index is 1.96. The monoisotopic (exact) mass is 211 g/mol. The minimum absolute atomic E-state index is 0.354. The van der Waals surface area contributed by atoms with Gasteiger partial charge in [0.2, 0.25) is 5.91 Å². The predicted molar refractivity (Wildman–Crippen MR) is 59.6 cm³/mol. The van der Waals surface area contributed by atoms with Crippen LogP contribution in [0.25, 0.3) is 0 Å². The van der Waals surface area contributed by atoms with Crippen LogP contribution >= 0.6 is 0 Å². The molecule has 4 nitrogen and oxygen atoms in total. The topological polar surface area (TPSA) is 35.6 Å². The number of hydrogen-bond acceptors (Lipinski definition) is 3. The molecule has 2 aliphatic rings. The Morgan fingerprint density at radius 2 is 2.13 bits per heavy atom. The molecule has 1 unspecified atom stereocenters. The molecule has 86 valence electrons. The van der Waals surface area contributed by atoms with Gasteiger partial charge >= 0.3 is 0 Å². The Labute approximate surface area is 91.6 Å². The van der Waals surface area contributed by atoms with Gasteiger partial charge in [-0.1, -0.05) is 0 Å². The minimum Gasteiger partial charge on any atom is -0.336 e. The normalized spacial score (nSPS) is 28.1. The summed E-state index contributed by atoms with van der Waals surface area (Å²) >= 11 is 0. The molecular weight excluding hydrogens is 190 g/mol. The van der Waals surface area contributed by atoms with E-state index in [9.17, 15) is 4.79 Å². The Kier molecular flexibility index (Phi) is 3.26. The minimum atomic E-state index is 0.354. The Morgan fingerprint density at radius 3 is 2.73 bits per heavy atom. The lowest BCUT2D eigenvalue weighted by molar-refractivity contribution is -0.137. The van der Waals surface area contributed by atoms with E-state index in [0.29, 0.717) is 17.9 Å². The van der Waals surface area contributed by atoms with Crippen molar-refractivity contribution in [3.63, 3.8) is 0 Å². The molecule has 2 rings (SSSR count). The van der Waals surface area contributed by atoms with Gasteiger partial charge in [0.05, 0.1) is 6.04 Å². The summed E-state index contributed by atoms with van der Waals surface area (Å²) in [5.74, 6) is 0.746. The lowest BCUT2D eigenvalue weighted by atomic mass is 10.1. The molecule has 1 saturated carbocycles. The van der Waals surface area contributed by atoms with Gasteiger partial charge < -0.3 is 15.1 Å². The van der Waals surface area contributed by atoms with Crippen LogP contribution in [0.5, 0.6) is 0 Å². The number of nitrogens with zero attached hydrogens (tertiary/aromatic N) is 2. The highest BCUT2D eigenvalue weighted by molar-refractivity contribution is 5.81. The standard InChI is InChI=1S/C11H21N3O/c1-12-7-10-8-13(2)5-6-14(10)11(15)9-3-4-9/h9-10,12H,3-8H2,1-2H3. The van der Waals surface area contributed by atoms with E-state index in [2.05, 4.69) is 22.2 Å². The van der Waals surface area contributed by atoms with E-state index in [1.54, 1.807) is 0 Å². The molecular formula is C11H21N3O. The van der Waals surface area contributed by atoms with Crippen molar-refractivity contribution in [1.82, 2.24) is 15.1 Å². The van der Waals surface area contributed by atoms with Gasteiger partial charge in [0.15, 0.2) is 0 Å². The number of piperazine rings is 1. The maximum Gasteiger partial charge on any atom is 0.226 e. The van der Waals surface area contributed by atoms with Crippen molar-refractivity contribution in [2.45, 2.75) is 18.9 Å². The van der Waals surface area contributed by atoms with Crippen molar-refractivity contribution < 1.29 is 4.79 Å². The van der Waals surface area contributed by atoms with Crippen molar-refractivity contribution in [3.8, 4) is 0 Å². The van der Waals surface area contributed by atoms with Crippen LogP contribution in [0.15, 0.2) is 0 Å². The second-order valence-corrected chi connectivity index (χ2v) is 4.78. The fourth-order valence-electron chi connectivity index (χ4n) is 2.28. The van der Waals surface area contributed by atoms with E-state index >= 15 is 0 Å². The first-order valence-electron chi connectivity index (χ1n) is 5.86. The predicted octanol–water partition coefficient (Wildman–Crippen LogP) is -0.242. The first kappa shape index (κ1) is 10.9. The van der Waals surface area contributed by atoms with Gasteiger partial charge in [-0.05, 0) is 26.9 Å². The van der Waals surface area contributed by atoms with Crippen LogP contribution in [0.4, 0.5) is 0 Å².